The normalized spacial score (nSPS) is 11.2. The lowest BCUT2D eigenvalue weighted by Crippen LogP contribution is -2.16. The van der Waals surface area contributed by atoms with Crippen molar-refractivity contribution in [3.8, 4) is 11.5 Å². The maximum Gasteiger partial charge on any atom is 0.307 e. The predicted molar refractivity (Wildman–Crippen MR) is 148 cm³/mol. The van der Waals surface area contributed by atoms with Gasteiger partial charge in [0.05, 0.1) is 21.8 Å². The van der Waals surface area contributed by atoms with E-state index in [9.17, 15) is 4.79 Å². The molecule has 0 aliphatic rings. The third kappa shape index (κ3) is 6.27. The molecule has 6 nitrogen and oxygen atoms in total. The van der Waals surface area contributed by atoms with E-state index < -0.39 is 5.91 Å². The van der Waals surface area contributed by atoms with Gasteiger partial charge in [-0.05, 0) is 80.7 Å². The van der Waals surface area contributed by atoms with Crippen LogP contribution in [0.2, 0.25) is 5.02 Å². The van der Waals surface area contributed by atoms with Gasteiger partial charge in [0, 0.05) is 20.4 Å². The van der Waals surface area contributed by atoms with Crippen LogP contribution in [0.15, 0.2) is 77.5 Å². The predicted octanol–water partition coefficient (Wildman–Crippen LogP) is 8.12. The highest BCUT2D eigenvalue weighted by atomic mass is 79.9. The summed E-state index contributed by atoms with van der Waals surface area (Å²) in [5, 5.41) is 5.49. The van der Waals surface area contributed by atoms with Crippen LogP contribution >= 0.6 is 59.4 Å². The Hall–Kier alpha value is -2.33. The summed E-state index contributed by atoms with van der Waals surface area (Å²) in [5.74, 6) is 0.765. The fourth-order valence-electron chi connectivity index (χ4n) is 3.24. The first-order chi connectivity index (χ1) is 16.9. The van der Waals surface area contributed by atoms with Crippen LogP contribution in [0.3, 0.4) is 0 Å². The van der Waals surface area contributed by atoms with E-state index in [0.717, 1.165) is 19.9 Å². The van der Waals surface area contributed by atoms with Crippen molar-refractivity contribution in [2.45, 2.75) is 13.5 Å². The third-order valence-corrected chi connectivity index (χ3v) is 6.81. The van der Waals surface area contributed by atoms with Crippen molar-refractivity contribution in [2.24, 2.45) is 5.10 Å². The van der Waals surface area contributed by atoms with Crippen LogP contribution in [-0.2, 0) is 6.61 Å². The Balaban J connectivity index is 1.48. The van der Waals surface area contributed by atoms with Crippen molar-refractivity contribution >= 4 is 82.5 Å². The number of carbonyl (C=O) groups excluding carboxylic acids is 1. The molecule has 1 aromatic heterocycles. The van der Waals surface area contributed by atoms with Gasteiger partial charge in [-0.25, -0.2) is 5.43 Å². The molecule has 4 rings (SSSR count). The lowest BCUT2D eigenvalue weighted by Gasteiger charge is -2.15. The van der Waals surface area contributed by atoms with E-state index in [-0.39, 0.29) is 12.4 Å². The van der Waals surface area contributed by atoms with Crippen molar-refractivity contribution in [3.63, 3.8) is 0 Å². The van der Waals surface area contributed by atoms with Crippen LogP contribution in [0.4, 0.5) is 0 Å². The molecule has 0 fully saturated rings. The second-order valence-electron chi connectivity index (χ2n) is 7.26. The third-order valence-electron chi connectivity index (χ3n) is 4.80. The largest absolute Gasteiger partial charge is 0.490 e. The molecule has 4 aromatic rings. The quantitative estimate of drug-likeness (QED) is 0.150. The van der Waals surface area contributed by atoms with Gasteiger partial charge in [0.1, 0.15) is 12.2 Å². The Morgan fingerprint density at radius 1 is 1.09 bits per heavy atom. The average Bonchev–Trinajstić information content (AvgIpc) is 3.24. The van der Waals surface area contributed by atoms with E-state index in [0.29, 0.717) is 38.7 Å². The van der Waals surface area contributed by atoms with Gasteiger partial charge in [-0.1, -0.05) is 45.7 Å². The fourth-order valence-corrected chi connectivity index (χ4v) is 5.34. The van der Waals surface area contributed by atoms with E-state index in [2.05, 4.69) is 58.3 Å². The molecule has 35 heavy (non-hydrogen) atoms. The van der Waals surface area contributed by atoms with Crippen molar-refractivity contribution in [2.75, 3.05) is 6.61 Å². The lowest BCUT2D eigenvalue weighted by molar-refractivity contribution is 0.0929. The van der Waals surface area contributed by atoms with Crippen LogP contribution in [0.5, 0.6) is 11.5 Å². The van der Waals surface area contributed by atoms with E-state index in [4.69, 9.17) is 25.5 Å². The fraction of sp³-hybridized carbons (Fsp3) is 0.120. The van der Waals surface area contributed by atoms with Crippen molar-refractivity contribution < 1.29 is 18.7 Å². The van der Waals surface area contributed by atoms with Gasteiger partial charge in [-0.15, -0.1) is 0 Å². The Morgan fingerprint density at radius 2 is 1.89 bits per heavy atom. The Kier molecular flexibility index (Phi) is 8.54. The highest BCUT2D eigenvalue weighted by molar-refractivity contribution is 9.11. The van der Waals surface area contributed by atoms with Gasteiger partial charge in [-0.3, -0.25) is 4.79 Å². The molecule has 10 heteroatoms. The molecular weight excluding hydrogens is 667 g/mol. The maximum atomic E-state index is 12.5. The second-order valence-corrected chi connectivity index (χ2v) is 10.3. The van der Waals surface area contributed by atoms with Crippen LogP contribution in [-0.4, -0.2) is 18.7 Å². The Labute approximate surface area is 232 Å². The van der Waals surface area contributed by atoms with Gasteiger partial charge in [0.25, 0.3) is 0 Å². The summed E-state index contributed by atoms with van der Waals surface area (Å²) < 4.78 is 19.7. The zero-order valence-electron chi connectivity index (χ0n) is 18.3. The number of nitrogens with one attached hydrogen (secondary N) is 1. The molecule has 0 saturated heterocycles. The number of carbonyl (C=O) groups is 1. The second kappa shape index (κ2) is 11.6. The summed E-state index contributed by atoms with van der Waals surface area (Å²) in [6.45, 7) is 2.62. The molecule has 0 spiro atoms. The highest BCUT2D eigenvalue weighted by Gasteiger charge is 2.15. The topological polar surface area (TPSA) is 73.1 Å². The van der Waals surface area contributed by atoms with Gasteiger partial charge < -0.3 is 13.9 Å². The Bertz CT molecular complexity index is 1420. The summed E-state index contributed by atoms with van der Waals surface area (Å²) in [6.07, 6.45) is 1.51. The molecule has 0 unspecified atom stereocenters. The number of furan rings is 1. The van der Waals surface area contributed by atoms with Crippen molar-refractivity contribution in [1.29, 1.82) is 0 Å². The Morgan fingerprint density at radius 3 is 2.66 bits per heavy atom. The van der Waals surface area contributed by atoms with Gasteiger partial charge >= 0.3 is 5.91 Å². The van der Waals surface area contributed by atoms with Gasteiger partial charge in [0.2, 0.25) is 0 Å². The van der Waals surface area contributed by atoms with Crippen LogP contribution in [0.1, 0.15) is 28.6 Å². The zero-order valence-corrected chi connectivity index (χ0v) is 23.8. The molecule has 1 N–H and O–H groups in total. The van der Waals surface area contributed by atoms with Crippen LogP contribution < -0.4 is 14.9 Å². The molecule has 1 heterocycles. The molecular formula is C25H18Br3ClN2O4. The number of ether oxygens (including phenoxy) is 2. The lowest BCUT2D eigenvalue weighted by atomic mass is 10.2. The van der Waals surface area contributed by atoms with Crippen molar-refractivity contribution in [3.05, 3.63) is 89.9 Å². The highest BCUT2D eigenvalue weighted by Crippen LogP contribution is 2.37. The number of amides is 1. The molecule has 0 aliphatic carbocycles. The first kappa shape index (κ1) is 25.8. The number of rotatable bonds is 8. The molecule has 0 atom stereocenters. The number of hydrogen-bond acceptors (Lipinski definition) is 5. The first-order valence-electron chi connectivity index (χ1n) is 10.4. The average molecular weight is 686 g/mol. The monoisotopic (exact) mass is 682 g/mol. The van der Waals surface area contributed by atoms with Gasteiger partial charge in [0.15, 0.2) is 17.3 Å². The molecule has 0 radical (unpaired) electrons. The minimum atomic E-state index is -0.468. The molecule has 0 bridgehead atoms. The maximum absolute atomic E-state index is 12.5. The van der Waals surface area contributed by atoms with E-state index >= 15 is 0 Å². The SMILES string of the molecule is CCOc1cc(/C=N\NC(=O)c2cc3cc(Br)cc(Br)c3o2)cc(Br)c1OCc1ccccc1Cl. The minimum absolute atomic E-state index is 0.149. The van der Waals surface area contributed by atoms with E-state index in [1.165, 1.54) is 6.21 Å². The molecule has 0 saturated carbocycles. The number of benzene rings is 3. The van der Waals surface area contributed by atoms with Crippen molar-refractivity contribution in [1.82, 2.24) is 5.43 Å². The van der Waals surface area contributed by atoms with Crippen LogP contribution in [0, 0.1) is 0 Å². The number of hydrazone groups is 1. The standard InChI is InChI=1S/C25H18Br3ClN2O4/c1-2-33-21-8-14(7-18(27)24(21)34-13-15-5-3-4-6-20(15)29)12-30-31-25(32)22-10-16-9-17(26)11-19(28)23(16)35-22/h3-12H,2,13H2,1H3,(H,31,32)/b30-12-. The zero-order chi connectivity index (χ0) is 24.9. The molecule has 180 valence electrons. The first-order valence-corrected chi connectivity index (χ1v) is 13.2. The smallest absolute Gasteiger partial charge is 0.307 e. The minimum Gasteiger partial charge on any atom is -0.490 e. The van der Waals surface area contributed by atoms with Crippen LogP contribution in [0.25, 0.3) is 11.0 Å². The number of halogens is 4. The number of fused-ring (bicyclic) bond motifs is 1. The molecule has 1 amide bonds. The van der Waals surface area contributed by atoms with Gasteiger partial charge in [-0.2, -0.15) is 5.10 Å². The van der Waals surface area contributed by atoms with E-state index in [1.54, 1.807) is 12.1 Å². The summed E-state index contributed by atoms with van der Waals surface area (Å²) in [7, 11) is 0. The summed E-state index contributed by atoms with van der Waals surface area (Å²) >= 11 is 16.6. The summed E-state index contributed by atoms with van der Waals surface area (Å²) in [5.41, 5.74) is 4.63. The van der Waals surface area contributed by atoms with E-state index in [1.807, 2.05) is 49.4 Å². The summed E-state index contributed by atoms with van der Waals surface area (Å²) in [4.78, 5) is 12.5. The molecule has 0 aliphatic heterocycles. The number of nitrogens with zero attached hydrogens (tertiary/aromatic N) is 1. The molecule has 3 aromatic carbocycles. The summed E-state index contributed by atoms with van der Waals surface area (Å²) in [6, 6.07) is 16.5. The number of hydrogen-bond donors (Lipinski definition) is 1.